The Kier molecular flexibility index (Phi) is 2.76. The standard InChI is InChI=1S/C10H15NO2/c1-3-5-10(6-7-10)11(8-4-2)9(12)13/h3-4H,1-2,5-8H2,(H,12,13). The van der Waals surface area contributed by atoms with E-state index in [9.17, 15) is 4.79 Å². The average molecular weight is 181 g/mol. The van der Waals surface area contributed by atoms with Crippen molar-refractivity contribution in [1.82, 2.24) is 4.90 Å². The summed E-state index contributed by atoms with van der Waals surface area (Å²) >= 11 is 0. The lowest BCUT2D eigenvalue weighted by Crippen LogP contribution is -2.41. The molecule has 0 radical (unpaired) electrons. The van der Waals surface area contributed by atoms with Crippen LogP contribution in [-0.2, 0) is 0 Å². The molecular weight excluding hydrogens is 166 g/mol. The second-order valence-electron chi connectivity index (χ2n) is 3.40. The van der Waals surface area contributed by atoms with Gasteiger partial charge in [0.1, 0.15) is 0 Å². The molecule has 72 valence electrons. The molecule has 3 heteroatoms. The Balaban J connectivity index is 2.68. The molecule has 0 aromatic heterocycles. The Labute approximate surface area is 78.4 Å². The summed E-state index contributed by atoms with van der Waals surface area (Å²) in [5.74, 6) is 0. The van der Waals surface area contributed by atoms with Gasteiger partial charge in [-0.2, -0.15) is 0 Å². The van der Waals surface area contributed by atoms with E-state index in [1.54, 1.807) is 12.2 Å². The lowest BCUT2D eigenvalue weighted by molar-refractivity contribution is 0.124. The van der Waals surface area contributed by atoms with E-state index in [1.807, 2.05) is 0 Å². The van der Waals surface area contributed by atoms with Crippen molar-refractivity contribution in [2.75, 3.05) is 6.54 Å². The highest BCUT2D eigenvalue weighted by molar-refractivity contribution is 5.67. The van der Waals surface area contributed by atoms with Gasteiger partial charge in [-0.05, 0) is 19.3 Å². The Morgan fingerprint density at radius 3 is 2.38 bits per heavy atom. The maximum atomic E-state index is 10.9. The van der Waals surface area contributed by atoms with Crippen LogP contribution >= 0.6 is 0 Å². The van der Waals surface area contributed by atoms with Crippen molar-refractivity contribution in [2.45, 2.75) is 24.8 Å². The molecule has 0 bridgehead atoms. The molecule has 0 aromatic rings. The topological polar surface area (TPSA) is 40.5 Å². The SMILES string of the molecule is C=CCN(C(=O)O)C1(CC=C)CC1. The van der Waals surface area contributed by atoms with Crippen molar-refractivity contribution in [3.8, 4) is 0 Å². The Bertz CT molecular complexity index is 231. The third-order valence-corrected chi connectivity index (χ3v) is 2.47. The average Bonchev–Trinajstić information content (AvgIpc) is 2.81. The Morgan fingerprint density at radius 1 is 1.46 bits per heavy atom. The highest BCUT2D eigenvalue weighted by Crippen LogP contribution is 2.44. The van der Waals surface area contributed by atoms with E-state index in [0.29, 0.717) is 6.54 Å². The first kappa shape index (κ1) is 9.84. The van der Waals surface area contributed by atoms with Crippen molar-refractivity contribution < 1.29 is 9.90 Å². The molecule has 0 aromatic carbocycles. The van der Waals surface area contributed by atoms with Gasteiger partial charge in [0.15, 0.2) is 0 Å². The minimum atomic E-state index is -0.862. The van der Waals surface area contributed by atoms with Crippen LogP contribution in [0.5, 0.6) is 0 Å². The number of carbonyl (C=O) groups is 1. The van der Waals surface area contributed by atoms with Crippen LogP contribution < -0.4 is 0 Å². The maximum Gasteiger partial charge on any atom is 0.408 e. The third kappa shape index (κ3) is 1.91. The molecule has 1 aliphatic carbocycles. The number of amides is 1. The van der Waals surface area contributed by atoms with Crippen LogP contribution in [-0.4, -0.2) is 28.2 Å². The van der Waals surface area contributed by atoms with Gasteiger partial charge in [0, 0.05) is 6.54 Å². The smallest absolute Gasteiger partial charge is 0.408 e. The molecule has 1 aliphatic rings. The number of nitrogens with zero attached hydrogens (tertiary/aromatic N) is 1. The van der Waals surface area contributed by atoms with Gasteiger partial charge < -0.3 is 5.11 Å². The van der Waals surface area contributed by atoms with Crippen molar-refractivity contribution in [2.24, 2.45) is 0 Å². The van der Waals surface area contributed by atoms with E-state index >= 15 is 0 Å². The van der Waals surface area contributed by atoms with E-state index in [4.69, 9.17) is 5.11 Å². The quantitative estimate of drug-likeness (QED) is 0.661. The Hall–Kier alpha value is -1.25. The summed E-state index contributed by atoms with van der Waals surface area (Å²) in [4.78, 5) is 12.4. The number of hydrogen-bond acceptors (Lipinski definition) is 1. The molecule has 3 nitrogen and oxygen atoms in total. The predicted molar refractivity (Wildman–Crippen MR) is 51.7 cm³/mol. The second-order valence-corrected chi connectivity index (χ2v) is 3.40. The van der Waals surface area contributed by atoms with E-state index in [-0.39, 0.29) is 5.54 Å². The van der Waals surface area contributed by atoms with Crippen LogP contribution in [0.15, 0.2) is 25.3 Å². The summed E-state index contributed by atoms with van der Waals surface area (Å²) in [7, 11) is 0. The fourth-order valence-electron chi connectivity index (χ4n) is 1.60. The van der Waals surface area contributed by atoms with Gasteiger partial charge in [0.05, 0.1) is 5.54 Å². The maximum absolute atomic E-state index is 10.9. The predicted octanol–water partition coefficient (Wildman–Crippen LogP) is 2.26. The minimum absolute atomic E-state index is 0.165. The summed E-state index contributed by atoms with van der Waals surface area (Å²) in [6, 6.07) is 0. The highest BCUT2D eigenvalue weighted by Gasteiger charge is 2.48. The zero-order valence-corrected chi connectivity index (χ0v) is 7.70. The second kappa shape index (κ2) is 3.64. The zero-order chi connectivity index (χ0) is 9.90. The largest absolute Gasteiger partial charge is 0.465 e. The fourth-order valence-corrected chi connectivity index (χ4v) is 1.60. The van der Waals surface area contributed by atoms with Crippen LogP contribution in [0, 0.1) is 0 Å². The molecule has 1 rings (SSSR count). The van der Waals surface area contributed by atoms with Gasteiger partial charge in [0.2, 0.25) is 0 Å². The van der Waals surface area contributed by atoms with E-state index in [0.717, 1.165) is 19.3 Å². The van der Waals surface area contributed by atoms with E-state index < -0.39 is 6.09 Å². The monoisotopic (exact) mass is 181 g/mol. The van der Waals surface area contributed by atoms with Crippen LogP contribution in [0.3, 0.4) is 0 Å². The normalized spacial score (nSPS) is 17.5. The van der Waals surface area contributed by atoms with Crippen LogP contribution in [0.2, 0.25) is 0 Å². The van der Waals surface area contributed by atoms with Gasteiger partial charge in [-0.25, -0.2) is 4.79 Å². The molecular formula is C10H15NO2. The zero-order valence-electron chi connectivity index (χ0n) is 7.70. The molecule has 0 saturated heterocycles. The summed E-state index contributed by atoms with van der Waals surface area (Å²) in [5, 5.41) is 8.95. The first-order valence-electron chi connectivity index (χ1n) is 4.38. The van der Waals surface area contributed by atoms with Crippen molar-refractivity contribution in [3.63, 3.8) is 0 Å². The number of carboxylic acid groups (broad SMARTS) is 1. The van der Waals surface area contributed by atoms with Crippen molar-refractivity contribution >= 4 is 6.09 Å². The summed E-state index contributed by atoms with van der Waals surface area (Å²) in [6.07, 6.45) is 5.17. The number of hydrogen-bond donors (Lipinski definition) is 1. The van der Waals surface area contributed by atoms with Gasteiger partial charge in [-0.3, -0.25) is 4.90 Å². The number of rotatable bonds is 5. The first-order valence-corrected chi connectivity index (χ1v) is 4.38. The lowest BCUT2D eigenvalue weighted by atomic mass is 10.1. The lowest BCUT2D eigenvalue weighted by Gasteiger charge is -2.27. The van der Waals surface area contributed by atoms with Crippen LogP contribution in [0.1, 0.15) is 19.3 Å². The minimum Gasteiger partial charge on any atom is -0.465 e. The van der Waals surface area contributed by atoms with Gasteiger partial charge in [-0.15, -0.1) is 13.2 Å². The molecule has 0 atom stereocenters. The van der Waals surface area contributed by atoms with E-state index in [2.05, 4.69) is 13.2 Å². The first-order chi connectivity index (χ1) is 6.16. The molecule has 1 saturated carbocycles. The summed E-state index contributed by atoms with van der Waals surface area (Å²) in [6.45, 7) is 7.60. The Morgan fingerprint density at radius 2 is 2.08 bits per heavy atom. The molecule has 1 amide bonds. The summed E-state index contributed by atoms with van der Waals surface area (Å²) < 4.78 is 0. The van der Waals surface area contributed by atoms with Gasteiger partial charge in [0.25, 0.3) is 0 Å². The fraction of sp³-hybridized carbons (Fsp3) is 0.500. The summed E-state index contributed by atoms with van der Waals surface area (Å²) in [5.41, 5.74) is -0.165. The van der Waals surface area contributed by atoms with Crippen molar-refractivity contribution in [3.05, 3.63) is 25.3 Å². The molecule has 1 N–H and O–H groups in total. The van der Waals surface area contributed by atoms with E-state index in [1.165, 1.54) is 4.90 Å². The molecule has 0 spiro atoms. The van der Waals surface area contributed by atoms with Crippen molar-refractivity contribution in [1.29, 1.82) is 0 Å². The highest BCUT2D eigenvalue weighted by atomic mass is 16.4. The molecule has 13 heavy (non-hydrogen) atoms. The van der Waals surface area contributed by atoms with Crippen LogP contribution in [0.4, 0.5) is 4.79 Å². The van der Waals surface area contributed by atoms with Gasteiger partial charge in [-0.1, -0.05) is 12.2 Å². The molecule has 1 fully saturated rings. The van der Waals surface area contributed by atoms with Gasteiger partial charge >= 0.3 is 6.09 Å². The molecule has 0 heterocycles. The third-order valence-electron chi connectivity index (χ3n) is 2.47. The molecule has 0 unspecified atom stereocenters. The van der Waals surface area contributed by atoms with Crippen LogP contribution in [0.25, 0.3) is 0 Å². The molecule has 0 aliphatic heterocycles.